The molecule has 0 fully saturated rings. The van der Waals surface area contributed by atoms with Gasteiger partial charge in [-0.05, 0) is 32.4 Å². The average Bonchev–Trinajstić information content (AvgIpc) is 3.04. The van der Waals surface area contributed by atoms with Gasteiger partial charge >= 0.3 is 0 Å². The van der Waals surface area contributed by atoms with E-state index in [0.717, 1.165) is 45.0 Å². The number of aliphatic imine (C=N–C) groups is 1. The molecule has 6 heteroatoms. The van der Waals surface area contributed by atoms with Crippen LogP contribution in [0.5, 0.6) is 0 Å². The highest BCUT2D eigenvalue weighted by atomic mass is 32.1. The molecule has 0 radical (unpaired) electrons. The molecule has 0 aliphatic heterocycles. The highest BCUT2D eigenvalue weighted by Gasteiger charge is 2.02. The van der Waals surface area contributed by atoms with Crippen molar-refractivity contribution in [1.29, 1.82) is 0 Å². The number of rotatable bonds is 9. The molecule has 1 aromatic heterocycles. The first-order valence-electron chi connectivity index (χ1n) is 8.88. The quantitative estimate of drug-likeness (QED) is 0.410. The van der Waals surface area contributed by atoms with Crippen molar-refractivity contribution < 1.29 is 0 Å². The molecule has 0 saturated heterocycles. The molecule has 2 N–H and O–H groups in total. The van der Waals surface area contributed by atoms with E-state index in [9.17, 15) is 0 Å². The van der Waals surface area contributed by atoms with Gasteiger partial charge in [0, 0.05) is 56.4 Å². The summed E-state index contributed by atoms with van der Waals surface area (Å²) in [5, 5.41) is 7.86. The molecule has 5 nitrogen and oxygen atoms in total. The van der Waals surface area contributed by atoms with Gasteiger partial charge in [-0.15, -0.1) is 11.3 Å². The Balaban J connectivity index is 1.71. The van der Waals surface area contributed by atoms with Gasteiger partial charge in [0.1, 0.15) is 0 Å². The van der Waals surface area contributed by atoms with Crippen molar-refractivity contribution in [3.63, 3.8) is 0 Å². The summed E-state index contributed by atoms with van der Waals surface area (Å²) in [6.07, 6.45) is 3.88. The maximum Gasteiger partial charge on any atom is 0.191 e. The molecule has 0 atom stereocenters. The lowest BCUT2D eigenvalue weighted by molar-refractivity contribution is 0.764. The summed E-state index contributed by atoms with van der Waals surface area (Å²) in [6, 6.07) is 10.5. The van der Waals surface area contributed by atoms with Crippen molar-refractivity contribution in [2.45, 2.75) is 26.7 Å². The normalized spacial score (nSPS) is 11.4. The largest absolute Gasteiger partial charge is 0.375 e. The topological polar surface area (TPSA) is 52.6 Å². The van der Waals surface area contributed by atoms with Crippen molar-refractivity contribution in [1.82, 2.24) is 15.6 Å². The lowest BCUT2D eigenvalue weighted by Crippen LogP contribution is -2.38. The van der Waals surface area contributed by atoms with Crippen LogP contribution in [-0.4, -0.2) is 44.2 Å². The van der Waals surface area contributed by atoms with E-state index in [1.165, 1.54) is 15.6 Å². The molecule has 2 aromatic rings. The lowest BCUT2D eigenvalue weighted by Gasteiger charge is -2.18. The van der Waals surface area contributed by atoms with Crippen LogP contribution in [0, 0.1) is 6.92 Å². The minimum Gasteiger partial charge on any atom is -0.375 e. The van der Waals surface area contributed by atoms with Crippen molar-refractivity contribution in [2.24, 2.45) is 4.99 Å². The fourth-order valence-electron chi connectivity index (χ4n) is 2.46. The van der Waals surface area contributed by atoms with Crippen molar-refractivity contribution in [3.05, 3.63) is 46.4 Å². The molecule has 0 unspecified atom stereocenters. The Labute approximate surface area is 155 Å². The Hall–Kier alpha value is -2.08. The summed E-state index contributed by atoms with van der Waals surface area (Å²) in [5.41, 5.74) is 1.25. The molecule has 0 bridgehead atoms. The molecule has 2 rings (SSSR count). The summed E-state index contributed by atoms with van der Waals surface area (Å²) < 4.78 is 0. The van der Waals surface area contributed by atoms with Crippen LogP contribution < -0.4 is 15.5 Å². The van der Waals surface area contributed by atoms with Crippen molar-refractivity contribution in [3.8, 4) is 0 Å². The van der Waals surface area contributed by atoms with Gasteiger partial charge in [0.15, 0.2) is 5.96 Å². The van der Waals surface area contributed by atoms with Crippen LogP contribution in [0.2, 0.25) is 0 Å². The van der Waals surface area contributed by atoms with Gasteiger partial charge in [0.2, 0.25) is 0 Å². The van der Waals surface area contributed by atoms with E-state index in [0.29, 0.717) is 0 Å². The monoisotopic (exact) mass is 359 g/mol. The summed E-state index contributed by atoms with van der Waals surface area (Å²) in [6.45, 7) is 7.69. The van der Waals surface area contributed by atoms with Crippen LogP contribution in [0.4, 0.5) is 5.69 Å². The van der Waals surface area contributed by atoms with Gasteiger partial charge in [-0.25, -0.2) is 4.98 Å². The number of thiazole rings is 1. The number of nitrogens with zero attached hydrogens (tertiary/aromatic N) is 3. The Morgan fingerprint density at radius 1 is 1.24 bits per heavy atom. The number of nitrogens with one attached hydrogen (secondary N) is 2. The molecule has 0 saturated carbocycles. The molecule has 0 amide bonds. The third-order valence-electron chi connectivity index (χ3n) is 3.76. The summed E-state index contributed by atoms with van der Waals surface area (Å²) >= 11 is 1.76. The predicted octanol–water partition coefficient (Wildman–Crippen LogP) is 3.08. The zero-order valence-electron chi connectivity index (χ0n) is 15.5. The number of guanidine groups is 1. The van der Waals surface area contributed by atoms with Crippen LogP contribution in [0.25, 0.3) is 0 Å². The van der Waals surface area contributed by atoms with Gasteiger partial charge in [-0.1, -0.05) is 18.2 Å². The summed E-state index contributed by atoms with van der Waals surface area (Å²) in [4.78, 5) is 12.6. The maximum absolute atomic E-state index is 4.67. The third-order valence-corrected chi connectivity index (χ3v) is 4.74. The van der Waals surface area contributed by atoms with E-state index in [4.69, 9.17) is 0 Å². The Morgan fingerprint density at radius 3 is 2.72 bits per heavy atom. The van der Waals surface area contributed by atoms with E-state index in [1.54, 1.807) is 11.3 Å². The molecule has 0 aliphatic rings. The van der Waals surface area contributed by atoms with Crippen molar-refractivity contribution >= 4 is 23.0 Å². The number of aryl methyl sites for hydroxylation is 1. The first-order valence-corrected chi connectivity index (χ1v) is 9.70. The van der Waals surface area contributed by atoms with Crippen LogP contribution in [0.1, 0.15) is 23.2 Å². The van der Waals surface area contributed by atoms with Crippen LogP contribution in [0.3, 0.4) is 0 Å². The van der Waals surface area contributed by atoms with E-state index in [1.807, 2.05) is 12.3 Å². The number of aromatic nitrogens is 1. The molecular formula is C19H29N5S. The minimum atomic E-state index is 0.808. The summed E-state index contributed by atoms with van der Waals surface area (Å²) in [5.74, 6) is 0.887. The zero-order valence-corrected chi connectivity index (χ0v) is 16.3. The molecule has 136 valence electrons. The SMILES string of the molecule is CCNC(=NCCCN(C)c1ccccc1)NCCc1ncc(C)s1. The zero-order chi connectivity index (χ0) is 17.9. The smallest absolute Gasteiger partial charge is 0.191 e. The molecular weight excluding hydrogens is 330 g/mol. The fraction of sp³-hybridized carbons (Fsp3) is 0.474. The van der Waals surface area contributed by atoms with E-state index < -0.39 is 0 Å². The van der Waals surface area contributed by atoms with Gasteiger partial charge in [-0.3, -0.25) is 4.99 Å². The van der Waals surface area contributed by atoms with Gasteiger partial charge in [0.05, 0.1) is 5.01 Å². The Bertz CT molecular complexity index is 638. The van der Waals surface area contributed by atoms with E-state index in [-0.39, 0.29) is 0 Å². The Morgan fingerprint density at radius 2 is 2.04 bits per heavy atom. The molecule has 0 spiro atoms. The second kappa shape index (κ2) is 10.7. The van der Waals surface area contributed by atoms with E-state index >= 15 is 0 Å². The molecule has 1 heterocycles. The summed E-state index contributed by atoms with van der Waals surface area (Å²) in [7, 11) is 2.12. The predicted molar refractivity (Wildman–Crippen MR) is 109 cm³/mol. The molecule has 25 heavy (non-hydrogen) atoms. The van der Waals surface area contributed by atoms with Crippen LogP contribution >= 0.6 is 11.3 Å². The van der Waals surface area contributed by atoms with Crippen molar-refractivity contribution in [2.75, 3.05) is 38.1 Å². The molecule has 1 aromatic carbocycles. The van der Waals surface area contributed by atoms with Gasteiger partial charge in [-0.2, -0.15) is 0 Å². The maximum atomic E-state index is 4.67. The number of hydrogen-bond acceptors (Lipinski definition) is 4. The fourth-order valence-corrected chi connectivity index (χ4v) is 3.24. The highest BCUT2D eigenvalue weighted by Crippen LogP contribution is 2.11. The average molecular weight is 360 g/mol. The molecule has 0 aliphatic carbocycles. The highest BCUT2D eigenvalue weighted by molar-refractivity contribution is 7.11. The standard InChI is InChI=1S/C19H29N5S/c1-4-20-19(22-13-11-18-23-15-16(2)25-18)21-12-8-14-24(3)17-9-6-5-7-10-17/h5-7,9-10,15H,4,8,11-14H2,1-3H3,(H2,20,21,22). The minimum absolute atomic E-state index is 0.808. The third kappa shape index (κ3) is 7.13. The van der Waals surface area contributed by atoms with Crippen LogP contribution in [0.15, 0.2) is 41.5 Å². The number of hydrogen-bond donors (Lipinski definition) is 2. The van der Waals surface area contributed by atoms with Gasteiger partial charge < -0.3 is 15.5 Å². The van der Waals surface area contributed by atoms with Gasteiger partial charge in [0.25, 0.3) is 0 Å². The van der Waals surface area contributed by atoms with Crippen LogP contribution in [-0.2, 0) is 6.42 Å². The number of benzene rings is 1. The number of anilines is 1. The second-order valence-electron chi connectivity index (χ2n) is 5.91. The Kier molecular flexibility index (Phi) is 8.25. The van der Waals surface area contributed by atoms with E-state index in [2.05, 4.69) is 70.7 Å². The first-order chi connectivity index (χ1) is 12.2. The number of para-hydroxylation sites is 1. The second-order valence-corrected chi connectivity index (χ2v) is 7.23. The first kappa shape index (κ1) is 19.2. The lowest BCUT2D eigenvalue weighted by atomic mass is 10.3.